The van der Waals surface area contributed by atoms with Crippen LogP contribution in [0.15, 0.2) is 23.1 Å². The van der Waals surface area contributed by atoms with Crippen LogP contribution in [0.4, 0.5) is 5.69 Å². The average molecular weight is 330 g/mol. The number of phenolic OH excluding ortho intramolecular Hbond substituents is 1. The Labute approximate surface area is 130 Å². The number of benzene rings is 1. The normalized spacial score (nSPS) is 11.8. The smallest absolute Gasteiger partial charge is 0.312 e. The van der Waals surface area contributed by atoms with Crippen LogP contribution in [0.25, 0.3) is 0 Å². The van der Waals surface area contributed by atoms with E-state index >= 15 is 0 Å². The van der Waals surface area contributed by atoms with Gasteiger partial charge >= 0.3 is 5.69 Å². The zero-order valence-electron chi connectivity index (χ0n) is 12.9. The quantitative estimate of drug-likeness (QED) is 0.554. The van der Waals surface area contributed by atoms with E-state index in [0.717, 1.165) is 37.8 Å². The lowest BCUT2D eigenvalue weighted by Gasteiger charge is -2.21. The topological polar surface area (TPSA) is 101 Å². The predicted molar refractivity (Wildman–Crippen MR) is 83.3 cm³/mol. The molecule has 0 atom stereocenters. The Kier molecular flexibility index (Phi) is 6.76. The summed E-state index contributed by atoms with van der Waals surface area (Å²) < 4.78 is 26.7. The third-order valence-corrected chi connectivity index (χ3v) is 5.20. The van der Waals surface area contributed by atoms with Crippen LogP contribution < -0.4 is 0 Å². The second-order valence-corrected chi connectivity index (χ2v) is 6.96. The van der Waals surface area contributed by atoms with Gasteiger partial charge < -0.3 is 5.11 Å². The van der Waals surface area contributed by atoms with Gasteiger partial charge in [0, 0.05) is 19.2 Å². The van der Waals surface area contributed by atoms with Crippen LogP contribution in [0.5, 0.6) is 5.75 Å². The summed E-state index contributed by atoms with van der Waals surface area (Å²) in [5, 5.41) is 20.3. The van der Waals surface area contributed by atoms with Crippen LogP contribution in [-0.2, 0) is 10.0 Å². The minimum Gasteiger partial charge on any atom is -0.502 e. The molecule has 124 valence electrons. The molecule has 0 aliphatic carbocycles. The molecule has 1 aromatic rings. The third-order valence-electron chi connectivity index (χ3n) is 3.30. The fourth-order valence-electron chi connectivity index (χ4n) is 1.98. The molecule has 0 aromatic heterocycles. The summed E-state index contributed by atoms with van der Waals surface area (Å²) in [5.41, 5.74) is -0.605. The lowest BCUT2D eigenvalue weighted by atomic mass is 10.3. The number of hydrogen-bond donors (Lipinski definition) is 1. The van der Waals surface area contributed by atoms with Gasteiger partial charge in [-0.3, -0.25) is 10.1 Å². The van der Waals surface area contributed by atoms with E-state index < -0.39 is 26.4 Å². The molecule has 22 heavy (non-hydrogen) atoms. The van der Waals surface area contributed by atoms with Crippen molar-refractivity contribution >= 4 is 15.7 Å². The maximum Gasteiger partial charge on any atom is 0.312 e. The molecule has 0 saturated carbocycles. The van der Waals surface area contributed by atoms with Gasteiger partial charge in [0.2, 0.25) is 10.0 Å². The Morgan fingerprint density at radius 2 is 1.73 bits per heavy atom. The highest BCUT2D eigenvalue weighted by Crippen LogP contribution is 2.29. The van der Waals surface area contributed by atoms with Gasteiger partial charge in [0.15, 0.2) is 5.75 Å². The average Bonchev–Trinajstić information content (AvgIpc) is 2.47. The van der Waals surface area contributed by atoms with E-state index in [4.69, 9.17) is 0 Å². The standard InChI is InChI=1S/C14H22N2O5S/c1-3-5-9-15(10-6-4-2)22(20,21)12-7-8-14(17)13(11-12)16(18)19/h7-8,11,17H,3-6,9-10H2,1-2H3. The second-order valence-electron chi connectivity index (χ2n) is 5.02. The van der Waals surface area contributed by atoms with Crippen molar-refractivity contribution in [3.63, 3.8) is 0 Å². The summed E-state index contributed by atoms with van der Waals surface area (Å²) in [6.45, 7) is 4.70. The maximum atomic E-state index is 12.7. The fourth-order valence-corrected chi connectivity index (χ4v) is 3.52. The second kappa shape index (κ2) is 8.09. The molecule has 0 aliphatic heterocycles. The van der Waals surface area contributed by atoms with Crippen molar-refractivity contribution in [3.8, 4) is 5.75 Å². The van der Waals surface area contributed by atoms with Crippen LogP contribution in [0, 0.1) is 10.1 Å². The summed E-state index contributed by atoms with van der Waals surface area (Å²) in [5.74, 6) is -0.544. The van der Waals surface area contributed by atoms with Crippen molar-refractivity contribution in [1.82, 2.24) is 4.31 Å². The van der Waals surface area contributed by atoms with Crippen LogP contribution in [-0.4, -0.2) is 35.8 Å². The van der Waals surface area contributed by atoms with Crippen molar-refractivity contribution in [2.45, 2.75) is 44.4 Å². The molecule has 0 unspecified atom stereocenters. The molecule has 0 fully saturated rings. The fraction of sp³-hybridized carbons (Fsp3) is 0.571. The first-order valence-corrected chi connectivity index (χ1v) is 8.76. The molecule has 1 aromatic carbocycles. The van der Waals surface area contributed by atoms with Gasteiger partial charge in [0.05, 0.1) is 9.82 Å². The molecular weight excluding hydrogens is 308 g/mol. The first kappa shape index (κ1) is 18.4. The lowest BCUT2D eigenvalue weighted by molar-refractivity contribution is -0.386. The van der Waals surface area contributed by atoms with E-state index in [9.17, 15) is 23.6 Å². The molecule has 7 nitrogen and oxygen atoms in total. The molecule has 1 rings (SSSR count). The minimum atomic E-state index is -3.80. The monoisotopic (exact) mass is 330 g/mol. The molecule has 0 spiro atoms. The SMILES string of the molecule is CCCCN(CCCC)S(=O)(=O)c1ccc(O)c([N+](=O)[O-])c1. The molecule has 0 radical (unpaired) electrons. The molecule has 0 amide bonds. The Bertz CT molecular complexity index is 608. The van der Waals surface area contributed by atoms with Crippen molar-refractivity contribution in [2.75, 3.05) is 13.1 Å². The first-order chi connectivity index (χ1) is 10.3. The molecule has 0 bridgehead atoms. The van der Waals surface area contributed by atoms with Crippen LogP contribution in [0.3, 0.4) is 0 Å². The van der Waals surface area contributed by atoms with Gasteiger partial charge in [-0.15, -0.1) is 0 Å². The Balaban J connectivity index is 3.18. The minimum absolute atomic E-state index is 0.163. The van der Waals surface area contributed by atoms with E-state index in [0.29, 0.717) is 13.1 Å². The molecule has 0 heterocycles. The van der Waals surface area contributed by atoms with Gasteiger partial charge in [0.1, 0.15) is 0 Å². The van der Waals surface area contributed by atoms with E-state index in [-0.39, 0.29) is 4.90 Å². The number of phenols is 1. The van der Waals surface area contributed by atoms with E-state index in [1.54, 1.807) is 0 Å². The molecule has 1 N–H and O–H groups in total. The zero-order valence-corrected chi connectivity index (χ0v) is 13.7. The number of unbranched alkanes of at least 4 members (excludes halogenated alkanes) is 2. The van der Waals surface area contributed by atoms with Gasteiger partial charge in [-0.1, -0.05) is 26.7 Å². The number of hydrogen-bond acceptors (Lipinski definition) is 5. The molecular formula is C14H22N2O5S. The van der Waals surface area contributed by atoms with E-state index in [1.807, 2.05) is 13.8 Å². The van der Waals surface area contributed by atoms with Crippen molar-refractivity contribution in [2.24, 2.45) is 0 Å². The number of rotatable bonds is 9. The lowest BCUT2D eigenvalue weighted by Crippen LogP contribution is -2.33. The predicted octanol–water partition coefficient (Wildman–Crippen LogP) is 2.89. The van der Waals surface area contributed by atoms with Gasteiger partial charge in [-0.2, -0.15) is 4.31 Å². The van der Waals surface area contributed by atoms with Crippen LogP contribution in [0.2, 0.25) is 0 Å². The number of nitrogens with zero attached hydrogens (tertiary/aromatic N) is 2. The van der Waals surface area contributed by atoms with Crippen LogP contribution in [0.1, 0.15) is 39.5 Å². The number of aromatic hydroxyl groups is 1. The van der Waals surface area contributed by atoms with Crippen LogP contribution >= 0.6 is 0 Å². The van der Waals surface area contributed by atoms with Crippen molar-refractivity contribution in [1.29, 1.82) is 0 Å². The summed E-state index contributed by atoms with van der Waals surface area (Å²) >= 11 is 0. The highest BCUT2D eigenvalue weighted by Gasteiger charge is 2.26. The number of nitro groups is 1. The van der Waals surface area contributed by atoms with Crippen molar-refractivity contribution in [3.05, 3.63) is 28.3 Å². The maximum absolute atomic E-state index is 12.7. The zero-order chi connectivity index (χ0) is 16.8. The Morgan fingerprint density at radius 1 is 1.18 bits per heavy atom. The number of nitro benzene ring substituents is 1. The van der Waals surface area contributed by atoms with Gasteiger partial charge in [0.25, 0.3) is 0 Å². The largest absolute Gasteiger partial charge is 0.502 e. The summed E-state index contributed by atoms with van der Waals surface area (Å²) in [7, 11) is -3.80. The summed E-state index contributed by atoms with van der Waals surface area (Å²) in [4.78, 5) is 9.89. The first-order valence-electron chi connectivity index (χ1n) is 7.32. The summed E-state index contributed by atoms with van der Waals surface area (Å²) in [6.07, 6.45) is 3.16. The van der Waals surface area contributed by atoms with E-state index in [1.165, 1.54) is 10.4 Å². The Morgan fingerprint density at radius 3 is 2.18 bits per heavy atom. The summed E-state index contributed by atoms with van der Waals surface area (Å²) in [6, 6.07) is 3.15. The van der Waals surface area contributed by atoms with Gasteiger partial charge in [-0.05, 0) is 25.0 Å². The third kappa shape index (κ3) is 4.41. The highest BCUT2D eigenvalue weighted by atomic mass is 32.2. The highest BCUT2D eigenvalue weighted by molar-refractivity contribution is 7.89. The van der Waals surface area contributed by atoms with Crippen molar-refractivity contribution < 1.29 is 18.4 Å². The molecule has 0 aliphatic rings. The Hall–Kier alpha value is -1.67. The van der Waals surface area contributed by atoms with Gasteiger partial charge in [-0.25, -0.2) is 8.42 Å². The molecule has 0 saturated heterocycles. The number of sulfonamides is 1. The van der Waals surface area contributed by atoms with E-state index in [2.05, 4.69) is 0 Å². The molecule has 8 heteroatoms.